The van der Waals surface area contributed by atoms with Crippen LogP contribution in [0.2, 0.25) is 0 Å². The van der Waals surface area contributed by atoms with Crippen molar-refractivity contribution in [2.75, 3.05) is 0 Å². The van der Waals surface area contributed by atoms with Crippen LogP contribution in [-0.4, -0.2) is 20.9 Å². The van der Waals surface area contributed by atoms with E-state index in [2.05, 4.69) is 21.9 Å². The van der Waals surface area contributed by atoms with Gasteiger partial charge in [0.25, 0.3) is 5.56 Å². The third kappa shape index (κ3) is 3.23. The third-order valence-electron chi connectivity index (χ3n) is 5.52. The summed E-state index contributed by atoms with van der Waals surface area (Å²) >= 11 is 1.55. The zero-order chi connectivity index (χ0) is 20.8. The van der Waals surface area contributed by atoms with Gasteiger partial charge in [0.05, 0.1) is 10.9 Å². The van der Waals surface area contributed by atoms with Gasteiger partial charge in [-0.05, 0) is 36.8 Å². The van der Waals surface area contributed by atoms with Crippen molar-refractivity contribution in [1.82, 2.24) is 15.0 Å². The molecule has 2 N–H and O–H groups in total. The number of carbonyl (C=O) groups is 1. The van der Waals surface area contributed by atoms with Gasteiger partial charge < -0.3 is 14.7 Å². The number of thiophene rings is 1. The van der Waals surface area contributed by atoms with Gasteiger partial charge in [-0.25, -0.2) is 9.78 Å². The van der Waals surface area contributed by atoms with E-state index in [1.54, 1.807) is 35.6 Å². The first kappa shape index (κ1) is 18.7. The molecular weight excluding hydrogens is 402 g/mol. The van der Waals surface area contributed by atoms with E-state index < -0.39 is 5.97 Å². The molecule has 1 aliphatic carbocycles. The molecule has 0 amide bonds. The van der Waals surface area contributed by atoms with Crippen LogP contribution in [0.4, 0.5) is 0 Å². The molecule has 3 heterocycles. The minimum Gasteiger partial charge on any atom is -0.454 e. The summed E-state index contributed by atoms with van der Waals surface area (Å²) in [6.07, 6.45) is 2.93. The van der Waals surface area contributed by atoms with Crippen molar-refractivity contribution in [2.24, 2.45) is 5.92 Å². The third-order valence-corrected chi connectivity index (χ3v) is 6.67. The summed E-state index contributed by atoms with van der Waals surface area (Å²) in [7, 11) is 0. The molecule has 8 heteroatoms. The van der Waals surface area contributed by atoms with E-state index in [0.29, 0.717) is 32.9 Å². The minimum absolute atomic E-state index is 0.176. The number of esters is 1. The summed E-state index contributed by atoms with van der Waals surface area (Å²) in [6.45, 7) is 2.04. The zero-order valence-electron chi connectivity index (χ0n) is 16.3. The Bertz CT molecular complexity index is 1420. The molecule has 0 aliphatic heterocycles. The summed E-state index contributed by atoms with van der Waals surface area (Å²) in [6, 6.07) is 8.24. The number of fused-ring (bicyclic) bond motifs is 4. The molecule has 0 fully saturated rings. The maximum absolute atomic E-state index is 12.7. The molecule has 3 aromatic heterocycles. The van der Waals surface area contributed by atoms with Crippen LogP contribution in [0.5, 0.6) is 0 Å². The quantitative estimate of drug-likeness (QED) is 0.494. The molecule has 0 unspecified atom stereocenters. The van der Waals surface area contributed by atoms with E-state index in [-0.39, 0.29) is 23.3 Å². The number of carbonyl (C=O) groups excluding carboxylic acids is 1. The molecule has 0 bridgehead atoms. The molecule has 0 saturated heterocycles. The number of aryl methyl sites for hydroxylation is 1. The lowest BCUT2D eigenvalue weighted by molar-refractivity contribution is 0.0464. The Morgan fingerprint density at radius 2 is 2.10 bits per heavy atom. The number of pyridine rings is 1. The average molecular weight is 421 g/mol. The van der Waals surface area contributed by atoms with Crippen molar-refractivity contribution in [3.05, 3.63) is 72.9 Å². The van der Waals surface area contributed by atoms with Crippen molar-refractivity contribution in [1.29, 1.82) is 0 Å². The molecule has 0 radical (unpaired) electrons. The Morgan fingerprint density at radius 1 is 1.27 bits per heavy atom. The van der Waals surface area contributed by atoms with Crippen molar-refractivity contribution in [2.45, 2.75) is 32.8 Å². The van der Waals surface area contributed by atoms with Crippen LogP contribution in [0.1, 0.15) is 40.0 Å². The van der Waals surface area contributed by atoms with E-state index in [0.717, 1.165) is 24.8 Å². The molecule has 0 saturated carbocycles. The molecule has 1 atom stereocenters. The highest BCUT2D eigenvalue weighted by atomic mass is 32.1. The standard InChI is InChI=1S/C22H19N3O4S/c1-11-6-7-13-16(8-11)30-21-19(13)20(27)24-17(25-21)10-29-22(28)14-9-18(26)23-15-5-3-2-4-12(14)15/h2-5,9,11H,6-8,10H2,1H3,(H,23,26)(H,24,25,27)/t11-/m1/s1. The maximum Gasteiger partial charge on any atom is 0.339 e. The van der Waals surface area contributed by atoms with Crippen molar-refractivity contribution in [3.63, 3.8) is 0 Å². The number of aromatic nitrogens is 3. The van der Waals surface area contributed by atoms with Crippen molar-refractivity contribution < 1.29 is 9.53 Å². The van der Waals surface area contributed by atoms with Crippen LogP contribution in [0.3, 0.4) is 0 Å². The largest absolute Gasteiger partial charge is 0.454 e. The van der Waals surface area contributed by atoms with Gasteiger partial charge in [-0.1, -0.05) is 25.1 Å². The van der Waals surface area contributed by atoms with Gasteiger partial charge in [0.2, 0.25) is 5.56 Å². The predicted octanol–water partition coefficient (Wildman–Crippen LogP) is 3.31. The lowest BCUT2D eigenvalue weighted by Crippen LogP contribution is -2.17. The molecule has 5 rings (SSSR count). The van der Waals surface area contributed by atoms with Gasteiger partial charge in [0.1, 0.15) is 17.3 Å². The fourth-order valence-corrected chi connectivity index (χ4v) is 5.45. The topological polar surface area (TPSA) is 105 Å². The molecule has 0 spiro atoms. The molecule has 4 aromatic rings. The number of H-pyrrole nitrogens is 2. The van der Waals surface area contributed by atoms with Gasteiger partial charge in [-0.15, -0.1) is 11.3 Å². The fourth-order valence-electron chi connectivity index (χ4n) is 4.05. The monoisotopic (exact) mass is 421 g/mol. The predicted molar refractivity (Wildman–Crippen MR) is 115 cm³/mol. The van der Waals surface area contributed by atoms with Crippen LogP contribution in [0.15, 0.2) is 39.9 Å². The van der Waals surface area contributed by atoms with Crippen LogP contribution in [0.25, 0.3) is 21.1 Å². The number of ether oxygens (including phenoxy) is 1. The smallest absolute Gasteiger partial charge is 0.339 e. The van der Waals surface area contributed by atoms with Gasteiger partial charge in [-0.3, -0.25) is 9.59 Å². The van der Waals surface area contributed by atoms with Crippen LogP contribution in [-0.2, 0) is 24.2 Å². The van der Waals surface area contributed by atoms with Gasteiger partial charge in [0.15, 0.2) is 0 Å². The number of nitrogens with one attached hydrogen (secondary N) is 2. The lowest BCUT2D eigenvalue weighted by Gasteiger charge is -2.17. The van der Waals surface area contributed by atoms with Gasteiger partial charge in [0, 0.05) is 21.8 Å². The first-order valence-electron chi connectivity index (χ1n) is 9.82. The summed E-state index contributed by atoms with van der Waals surface area (Å²) in [5, 5.41) is 1.26. The number of rotatable bonds is 3. The molecule has 152 valence electrons. The Labute approximate surface area is 174 Å². The molecule has 30 heavy (non-hydrogen) atoms. The number of aromatic amines is 2. The Balaban J connectivity index is 1.44. The first-order chi connectivity index (χ1) is 14.5. The Morgan fingerprint density at radius 3 is 2.97 bits per heavy atom. The zero-order valence-corrected chi connectivity index (χ0v) is 17.1. The van der Waals surface area contributed by atoms with E-state index in [9.17, 15) is 14.4 Å². The first-order valence-corrected chi connectivity index (χ1v) is 10.6. The number of hydrogen-bond acceptors (Lipinski definition) is 6. The van der Waals surface area contributed by atoms with Crippen molar-refractivity contribution >= 4 is 38.4 Å². The molecular formula is C22H19N3O4S. The second kappa shape index (κ2) is 7.21. The Hall–Kier alpha value is -3.26. The maximum atomic E-state index is 12.7. The molecule has 7 nitrogen and oxygen atoms in total. The van der Waals surface area contributed by atoms with Crippen LogP contribution < -0.4 is 11.1 Å². The number of benzene rings is 1. The van der Waals surface area contributed by atoms with Crippen LogP contribution in [0, 0.1) is 5.92 Å². The minimum atomic E-state index is -0.639. The van der Waals surface area contributed by atoms with E-state index in [4.69, 9.17) is 4.74 Å². The summed E-state index contributed by atoms with van der Waals surface area (Å²) in [5.41, 5.74) is 1.27. The average Bonchev–Trinajstić information content (AvgIpc) is 3.09. The van der Waals surface area contributed by atoms with Crippen LogP contribution >= 0.6 is 11.3 Å². The SMILES string of the molecule is C[C@@H]1CCc2c(sc3nc(COC(=O)c4cc(=O)[nH]c5ccccc45)[nH]c(=O)c23)C1. The van der Waals surface area contributed by atoms with E-state index in [1.165, 1.54) is 10.9 Å². The number of hydrogen-bond donors (Lipinski definition) is 2. The second-order valence-corrected chi connectivity index (χ2v) is 8.80. The van der Waals surface area contributed by atoms with Gasteiger partial charge in [-0.2, -0.15) is 0 Å². The highest BCUT2D eigenvalue weighted by Gasteiger charge is 2.23. The van der Waals surface area contributed by atoms with E-state index >= 15 is 0 Å². The van der Waals surface area contributed by atoms with Gasteiger partial charge >= 0.3 is 5.97 Å². The van der Waals surface area contributed by atoms with E-state index in [1.807, 2.05) is 0 Å². The number of para-hydroxylation sites is 1. The normalized spacial score (nSPS) is 16.0. The summed E-state index contributed by atoms with van der Waals surface area (Å²) in [4.78, 5) is 49.1. The fraction of sp³-hybridized carbons (Fsp3) is 0.273. The van der Waals surface area contributed by atoms with Crippen molar-refractivity contribution in [3.8, 4) is 0 Å². The lowest BCUT2D eigenvalue weighted by atomic mass is 9.89. The second-order valence-electron chi connectivity index (χ2n) is 7.71. The highest BCUT2D eigenvalue weighted by Crippen LogP contribution is 2.35. The number of nitrogens with zero attached hydrogens (tertiary/aromatic N) is 1. The summed E-state index contributed by atoms with van der Waals surface area (Å²) in [5.74, 6) is 0.259. The highest BCUT2D eigenvalue weighted by molar-refractivity contribution is 7.18. The molecule has 1 aliphatic rings. The molecule has 1 aromatic carbocycles. The Kier molecular flexibility index (Phi) is 4.51. The summed E-state index contributed by atoms with van der Waals surface area (Å²) < 4.78 is 5.38.